The normalized spacial score (nSPS) is 12.4. The number of rotatable bonds is 4. The van der Waals surface area contributed by atoms with Crippen LogP contribution in [0.5, 0.6) is 0 Å². The molecule has 26 heavy (non-hydrogen) atoms. The van der Waals surface area contributed by atoms with Gasteiger partial charge in [-0.25, -0.2) is 8.78 Å². The van der Waals surface area contributed by atoms with Crippen molar-refractivity contribution >= 4 is 10.9 Å². The number of halogens is 2. The van der Waals surface area contributed by atoms with Gasteiger partial charge in [0.1, 0.15) is 11.6 Å². The summed E-state index contributed by atoms with van der Waals surface area (Å²) in [4.78, 5) is 0. The molecule has 0 aliphatic rings. The molecular formula is C23H19F2N. The minimum Gasteiger partial charge on any atom is -0.339 e. The van der Waals surface area contributed by atoms with Gasteiger partial charge in [-0.2, -0.15) is 0 Å². The monoisotopic (exact) mass is 347 g/mol. The molecule has 3 aromatic carbocycles. The molecule has 4 aromatic rings. The minimum atomic E-state index is -0.244. The van der Waals surface area contributed by atoms with Gasteiger partial charge in [-0.1, -0.05) is 55.5 Å². The molecule has 1 atom stereocenters. The van der Waals surface area contributed by atoms with Crippen LogP contribution >= 0.6 is 0 Å². The van der Waals surface area contributed by atoms with Gasteiger partial charge in [-0.15, -0.1) is 0 Å². The molecule has 3 heteroatoms. The Labute approximate surface area is 151 Å². The second-order valence-corrected chi connectivity index (χ2v) is 6.43. The summed E-state index contributed by atoms with van der Waals surface area (Å²) in [6, 6.07) is 21.5. The topological polar surface area (TPSA) is 4.93 Å². The van der Waals surface area contributed by atoms with Crippen LogP contribution in [0.1, 0.15) is 24.9 Å². The van der Waals surface area contributed by atoms with E-state index in [0.717, 1.165) is 28.5 Å². The zero-order chi connectivity index (χ0) is 18.1. The van der Waals surface area contributed by atoms with Crippen molar-refractivity contribution in [3.8, 4) is 11.1 Å². The lowest BCUT2D eigenvalue weighted by atomic mass is 10.0. The first-order valence-electron chi connectivity index (χ1n) is 8.79. The van der Waals surface area contributed by atoms with Gasteiger partial charge in [0.05, 0.1) is 6.04 Å². The van der Waals surface area contributed by atoms with Gasteiger partial charge < -0.3 is 4.57 Å². The fourth-order valence-electron chi connectivity index (χ4n) is 3.66. The molecule has 0 fully saturated rings. The molecule has 4 rings (SSSR count). The van der Waals surface area contributed by atoms with Gasteiger partial charge in [0, 0.05) is 28.2 Å². The van der Waals surface area contributed by atoms with E-state index in [2.05, 4.69) is 11.5 Å². The van der Waals surface area contributed by atoms with Crippen molar-refractivity contribution in [1.82, 2.24) is 4.57 Å². The Morgan fingerprint density at radius 1 is 0.846 bits per heavy atom. The zero-order valence-corrected chi connectivity index (χ0v) is 14.5. The van der Waals surface area contributed by atoms with Crippen molar-refractivity contribution in [1.29, 1.82) is 0 Å². The molecule has 0 radical (unpaired) electrons. The maximum atomic E-state index is 14.4. The fraction of sp³-hybridized carbons (Fsp3) is 0.130. The summed E-state index contributed by atoms with van der Waals surface area (Å²) in [5, 5.41) is 0.993. The number of hydrogen-bond donors (Lipinski definition) is 0. The van der Waals surface area contributed by atoms with E-state index < -0.39 is 0 Å². The van der Waals surface area contributed by atoms with Crippen molar-refractivity contribution in [2.75, 3.05) is 0 Å². The largest absolute Gasteiger partial charge is 0.339 e. The average Bonchev–Trinajstić information content (AvgIpc) is 3.02. The van der Waals surface area contributed by atoms with E-state index in [-0.39, 0.29) is 17.7 Å². The Morgan fingerprint density at radius 2 is 1.62 bits per heavy atom. The highest BCUT2D eigenvalue weighted by atomic mass is 19.1. The molecule has 0 spiro atoms. The highest BCUT2D eigenvalue weighted by molar-refractivity contribution is 5.96. The van der Waals surface area contributed by atoms with Crippen LogP contribution in [0.4, 0.5) is 8.78 Å². The third-order valence-electron chi connectivity index (χ3n) is 4.86. The molecule has 130 valence electrons. The number of aromatic nitrogens is 1. The lowest BCUT2D eigenvalue weighted by molar-refractivity contribution is 0.572. The maximum absolute atomic E-state index is 14.4. The predicted molar refractivity (Wildman–Crippen MR) is 102 cm³/mol. The van der Waals surface area contributed by atoms with Crippen molar-refractivity contribution in [2.45, 2.75) is 19.4 Å². The number of fused-ring (bicyclic) bond motifs is 1. The standard InChI is InChI=1S/C23H19F2N/c1-2-22(16-8-7-9-17(24)14-16)26-15-20(18-10-3-5-12-21(18)25)19-11-4-6-13-23(19)26/h3-15,22H,2H2,1H3. The summed E-state index contributed by atoms with van der Waals surface area (Å²) in [6.07, 6.45) is 2.79. The fourth-order valence-corrected chi connectivity index (χ4v) is 3.66. The predicted octanol–water partition coefficient (Wildman–Crippen LogP) is 6.59. The van der Waals surface area contributed by atoms with E-state index in [0.29, 0.717) is 5.56 Å². The summed E-state index contributed by atoms with van der Waals surface area (Å²) in [5.74, 6) is -0.485. The number of benzene rings is 3. The third kappa shape index (κ3) is 2.80. The quantitative estimate of drug-likeness (QED) is 0.393. The van der Waals surface area contributed by atoms with Crippen LogP contribution in [0, 0.1) is 11.6 Å². The van der Waals surface area contributed by atoms with E-state index >= 15 is 0 Å². The molecule has 0 aliphatic carbocycles. The summed E-state index contributed by atoms with van der Waals surface area (Å²) >= 11 is 0. The number of para-hydroxylation sites is 1. The number of hydrogen-bond acceptors (Lipinski definition) is 0. The zero-order valence-electron chi connectivity index (χ0n) is 14.5. The van der Waals surface area contributed by atoms with E-state index in [1.807, 2.05) is 42.6 Å². The van der Waals surface area contributed by atoms with Crippen molar-refractivity contribution < 1.29 is 8.78 Å². The molecule has 0 N–H and O–H groups in total. The Balaban J connectivity index is 1.95. The van der Waals surface area contributed by atoms with E-state index in [1.54, 1.807) is 24.3 Å². The van der Waals surface area contributed by atoms with Crippen molar-refractivity contribution in [2.24, 2.45) is 0 Å². The summed E-state index contributed by atoms with van der Waals surface area (Å²) in [7, 11) is 0. The van der Waals surface area contributed by atoms with Crippen LogP contribution < -0.4 is 0 Å². The summed E-state index contributed by atoms with van der Waals surface area (Å²) in [5.41, 5.74) is 3.36. The highest BCUT2D eigenvalue weighted by Gasteiger charge is 2.19. The molecule has 0 bridgehead atoms. The highest BCUT2D eigenvalue weighted by Crippen LogP contribution is 2.36. The van der Waals surface area contributed by atoms with Crippen LogP contribution in [-0.2, 0) is 0 Å². The Hall–Kier alpha value is -2.94. The second kappa shape index (κ2) is 6.75. The molecule has 1 unspecified atom stereocenters. The van der Waals surface area contributed by atoms with Crippen molar-refractivity contribution in [3.63, 3.8) is 0 Å². The first kappa shape index (κ1) is 16.5. The lowest BCUT2D eigenvalue weighted by Crippen LogP contribution is -2.08. The van der Waals surface area contributed by atoms with Gasteiger partial charge in [0.25, 0.3) is 0 Å². The van der Waals surface area contributed by atoms with Gasteiger partial charge in [-0.05, 0) is 36.2 Å². The van der Waals surface area contributed by atoms with Crippen LogP contribution in [0.25, 0.3) is 22.0 Å². The smallest absolute Gasteiger partial charge is 0.131 e. The maximum Gasteiger partial charge on any atom is 0.131 e. The van der Waals surface area contributed by atoms with Crippen LogP contribution in [0.15, 0.2) is 79.0 Å². The third-order valence-corrected chi connectivity index (χ3v) is 4.86. The van der Waals surface area contributed by atoms with E-state index in [1.165, 1.54) is 12.1 Å². The molecule has 1 heterocycles. The Morgan fingerprint density at radius 3 is 2.38 bits per heavy atom. The molecule has 1 nitrogen and oxygen atoms in total. The molecule has 0 saturated carbocycles. The van der Waals surface area contributed by atoms with Crippen LogP contribution in [-0.4, -0.2) is 4.57 Å². The van der Waals surface area contributed by atoms with E-state index in [9.17, 15) is 8.78 Å². The Bertz CT molecular complexity index is 1060. The molecule has 0 aliphatic heterocycles. The summed E-state index contributed by atoms with van der Waals surface area (Å²) in [6.45, 7) is 2.08. The van der Waals surface area contributed by atoms with Crippen LogP contribution in [0.3, 0.4) is 0 Å². The Kier molecular flexibility index (Phi) is 4.29. The van der Waals surface area contributed by atoms with Gasteiger partial charge >= 0.3 is 0 Å². The molecule has 0 amide bonds. The first-order chi connectivity index (χ1) is 12.7. The molecular weight excluding hydrogens is 328 g/mol. The lowest BCUT2D eigenvalue weighted by Gasteiger charge is -2.19. The first-order valence-corrected chi connectivity index (χ1v) is 8.79. The van der Waals surface area contributed by atoms with Gasteiger partial charge in [0.15, 0.2) is 0 Å². The number of nitrogens with zero attached hydrogens (tertiary/aromatic N) is 1. The second-order valence-electron chi connectivity index (χ2n) is 6.43. The van der Waals surface area contributed by atoms with Crippen molar-refractivity contribution in [3.05, 3.63) is 96.2 Å². The van der Waals surface area contributed by atoms with Crippen LogP contribution in [0.2, 0.25) is 0 Å². The average molecular weight is 347 g/mol. The van der Waals surface area contributed by atoms with Gasteiger partial charge in [0.2, 0.25) is 0 Å². The van der Waals surface area contributed by atoms with Gasteiger partial charge in [-0.3, -0.25) is 0 Å². The minimum absolute atomic E-state index is 0.0175. The van der Waals surface area contributed by atoms with E-state index in [4.69, 9.17) is 0 Å². The molecule has 1 aromatic heterocycles. The molecule has 0 saturated heterocycles. The SMILES string of the molecule is CCC(c1cccc(F)c1)n1cc(-c2ccccc2F)c2ccccc21. The summed E-state index contributed by atoms with van der Waals surface area (Å²) < 4.78 is 30.3.